The molecule has 1 amide bonds. The number of amides is 1. The molecule has 6 atom stereocenters. The van der Waals surface area contributed by atoms with E-state index in [4.69, 9.17) is 42.6 Å². The molecule has 0 radical (unpaired) electrons. The fourth-order valence-electron chi connectivity index (χ4n) is 13.8. The summed E-state index contributed by atoms with van der Waals surface area (Å²) in [6.07, 6.45) is 31.7. The molecule has 17 heterocycles. The summed E-state index contributed by atoms with van der Waals surface area (Å²) >= 11 is 3.91. The van der Waals surface area contributed by atoms with Crippen LogP contribution < -0.4 is 68.0 Å². The average Bonchev–Trinajstić information content (AvgIpc) is 1.61. The van der Waals surface area contributed by atoms with Crippen molar-refractivity contribution in [3.63, 3.8) is 0 Å². The lowest BCUT2D eigenvalue weighted by atomic mass is 9.82. The quantitative estimate of drug-likeness (QED) is 0.119. The Kier molecular flexibility index (Phi) is 240. The van der Waals surface area contributed by atoms with Crippen molar-refractivity contribution in [1.82, 2.24) is 63.4 Å². The summed E-state index contributed by atoms with van der Waals surface area (Å²) in [5.74, 6) is 10.5. The number of ether oxygens (including phenoxy) is 9. The van der Waals surface area contributed by atoms with Gasteiger partial charge in [-0.2, -0.15) is 11.8 Å². The molecule has 2 aromatic carbocycles. The van der Waals surface area contributed by atoms with Gasteiger partial charge >= 0.3 is 0 Å². The van der Waals surface area contributed by atoms with Crippen LogP contribution in [-0.4, -0.2) is 277 Å². The van der Waals surface area contributed by atoms with E-state index in [1.807, 2.05) is 256 Å². The van der Waals surface area contributed by atoms with Gasteiger partial charge in [-0.25, -0.2) is 0 Å². The number of nitrogens with zero attached hydrogens (tertiary/aromatic N) is 1. The zero-order valence-electron chi connectivity index (χ0n) is 95.3. The highest BCUT2D eigenvalue weighted by Gasteiger charge is 2.50. The number of hydrogen-bond donors (Lipinski definition) is 11. The smallest absolute Gasteiger partial charge is 0.209 e. The Morgan fingerprint density at radius 1 is 0.276 bits per heavy atom. The van der Waals surface area contributed by atoms with Gasteiger partial charge in [0.25, 0.3) is 0 Å². The Labute approximate surface area is 925 Å². The third-order valence-corrected chi connectivity index (χ3v) is 22.0. The summed E-state index contributed by atoms with van der Waals surface area (Å²) in [5, 5.41) is 36.0. The molecule has 2 bridgehead atoms. The topological polar surface area (TPSA) is 236 Å². The number of fused-ring (bicyclic) bond motifs is 8. The first-order chi connectivity index (χ1) is 67.3. The standard InChI is InChI=1S/C9H11N.C8H13NO.C8H8O2.C6H13N.C6H12O.C5H10N2O.C5H9N.C5H11N.C5H10O.C4H10N2.C4H9NO.C4H9NS.C4H9N.C4H8O2.C4H8OS.15C2H6.10CH4/c1-2-4-9-7-10-6-5-8(9)3-1;1-2-8-6-4-9-3-5(6)7(1)10-8;1-2-4-8-7(3-1)9-5-6-10-8;2*1-2-4-6-7-5-3-1;8-5-7-3-1-6-2-4-7;1-4-2-6-3-5(1)4;2*1-2-4-6-5-3-1;1-2-6-4-3-5-1;2*1-3-6-4-2-5-1;1-2-4-5-3-1;2*1-2-5-4-6-3-1;15*1-2;;;;;;;;;;/h1-4,10H,5-7H2;5-9H,1-4H2;1-4H,5-6H2;7H,1-6H2;1-6H2;5-6H,1-4H2;4-6H,1-3H2;6H,1-5H2;1-5H2;5-6H,1-4H2;2*5H,1-4H2;5H,1-4H2;2*1-4H2;15*1-2H3;10*1H4. The van der Waals surface area contributed by atoms with Crippen LogP contribution in [0, 0.1) is 23.7 Å². The minimum absolute atomic E-state index is 0. The number of hydrogen-bond acceptors (Lipinski definition) is 23. The third kappa shape index (κ3) is 134. The van der Waals surface area contributed by atoms with Crippen LogP contribution in [0.15, 0.2) is 48.5 Å². The van der Waals surface area contributed by atoms with E-state index in [0.29, 0.717) is 32.2 Å². The van der Waals surface area contributed by atoms with Crippen molar-refractivity contribution < 1.29 is 47.4 Å². The Bertz CT molecular complexity index is 1860. The van der Waals surface area contributed by atoms with Crippen LogP contribution in [-0.2, 0) is 50.9 Å². The van der Waals surface area contributed by atoms with Crippen LogP contribution in [0.2, 0.25) is 0 Å². The van der Waals surface area contributed by atoms with Gasteiger partial charge in [0.05, 0.1) is 44.6 Å². The van der Waals surface area contributed by atoms with Gasteiger partial charge in [0.2, 0.25) is 6.41 Å². The van der Waals surface area contributed by atoms with Crippen LogP contribution in [0.1, 0.15) is 428 Å². The van der Waals surface area contributed by atoms with Crippen molar-refractivity contribution in [2.75, 3.05) is 253 Å². The number of benzene rings is 2. The van der Waals surface area contributed by atoms with Crippen LogP contribution in [0.4, 0.5) is 0 Å². The van der Waals surface area contributed by atoms with Crippen molar-refractivity contribution in [2.24, 2.45) is 23.7 Å². The lowest BCUT2D eigenvalue weighted by Gasteiger charge is -2.22. The van der Waals surface area contributed by atoms with Crippen molar-refractivity contribution in [2.45, 2.75) is 442 Å². The van der Waals surface area contributed by atoms with Crippen LogP contribution in [0.25, 0.3) is 0 Å². The highest BCUT2D eigenvalue weighted by atomic mass is 32.2. The fourth-order valence-corrected chi connectivity index (χ4v) is 15.2. The van der Waals surface area contributed by atoms with Gasteiger partial charge in [-0.1, -0.05) is 350 Å². The monoisotopic (exact) mass is 2130 g/mol. The number of nitrogens with one attached hydrogen (secondary N) is 11. The SMILES string of the molecule is C.C.C.C.C.C.C.C.C.C.C1CC2OC1C1CNCC21.C1CCCNCC1.C1CCCOCC1.C1CCNC1.C1CCNCC1.C1CCOCC1.C1CNCCN1.C1COCCN1.C1COCOC1.C1COCSC1.C1CSCCN1.C1NCC2CC12.CC.CC.CC.CC.CC.CC.CC.CC.CC.CC.CC.CC.CC.CC.CC.O=CN1CCNCC1.c1ccc2c(c1)CCNC2.c1ccc2c(c1)OCCO2. The van der Waals surface area contributed by atoms with E-state index in [-0.39, 0.29) is 74.3 Å². The van der Waals surface area contributed by atoms with E-state index >= 15 is 0 Å². The highest BCUT2D eigenvalue weighted by molar-refractivity contribution is 7.99. The van der Waals surface area contributed by atoms with Gasteiger partial charge in [0, 0.05) is 155 Å². The summed E-state index contributed by atoms with van der Waals surface area (Å²) < 4.78 is 46.4. The number of piperazine rings is 2. The molecule has 15 saturated heterocycles. The van der Waals surface area contributed by atoms with Crippen molar-refractivity contribution in [3.8, 4) is 11.5 Å². The van der Waals surface area contributed by atoms with Gasteiger partial charge in [-0.05, 0) is 209 Å². The molecule has 17 aliphatic heterocycles. The highest BCUT2D eigenvalue weighted by Crippen LogP contribution is 2.45. The first kappa shape index (κ1) is 190. The van der Waals surface area contributed by atoms with Crippen molar-refractivity contribution in [1.29, 1.82) is 0 Å². The number of morpholine rings is 1. The van der Waals surface area contributed by atoms with E-state index < -0.39 is 0 Å². The summed E-state index contributed by atoms with van der Waals surface area (Å²) in [4.78, 5) is 11.8. The van der Waals surface area contributed by atoms with Gasteiger partial charge in [-0.15, -0.1) is 11.8 Å². The molecule has 16 fully saturated rings. The second kappa shape index (κ2) is 183. The fraction of sp³-hybridized carbons (Fsp3) is 0.893. The Morgan fingerprint density at radius 2 is 0.593 bits per heavy atom. The molecule has 11 N–H and O–H groups in total. The maximum Gasteiger partial charge on any atom is 0.209 e. The Hall–Kier alpha value is -2.51. The zero-order chi connectivity index (χ0) is 103. The van der Waals surface area contributed by atoms with Gasteiger partial charge < -0.3 is 106 Å². The molecule has 20 rings (SSSR count). The van der Waals surface area contributed by atoms with Crippen molar-refractivity contribution in [3.05, 3.63) is 59.7 Å². The zero-order valence-corrected chi connectivity index (χ0v) is 97.0. The third-order valence-electron chi connectivity index (χ3n) is 20.1. The van der Waals surface area contributed by atoms with E-state index in [1.54, 1.807) is 4.90 Å². The van der Waals surface area contributed by atoms with Gasteiger partial charge in [-0.3, -0.25) is 4.79 Å². The van der Waals surface area contributed by atoms with Crippen LogP contribution >= 0.6 is 23.5 Å². The maximum atomic E-state index is 10.1. The van der Waals surface area contributed by atoms with E-state index in [9.17, 15) is 4.79 Å². The molecule has 1 saturated carbocycles. The lowest BCUT2D eigenvalue weighted by Crippen LogP contribution is -2.42. The first-order valence-electron chi connectivity index (χ1n) is 56.9. The second-order valence-electron chi connectivity index (χ2n) is 28.9. The molecule has 18 aliphatic rings. The molecule has 145 heavy (non-hydrogen) atoms. The number of para-hydroxylation sites is 2. The predicted octanol–water partition coefficient (Wildman–Crippen LogP) is 29.8. The molecule has 24 heteroatoms. The number of piperidine rings is 2. The molecule has 6 unspecified atom stereocenters. The van der Waals surface area contributed by atoms with Crippen LogP contribution in [0.3, 0.4) is 0 Å². The normalized spacial score (nSPS) is 20.1. The van der Waals surface area contributed by atoms with Gasteiger partial charge in [0.1, 0.15) is 20.0 Å². The molecular weight excluding hydrogens is 1850 g/mol. The van der Waals surface area contributed by atoms with Crippen molar-refractivity contribution >= 4 is 29.9 Å². The Morgan fingerprint density at radius 3 is 0.848 bits per heavy atom. The molecule has 0 spiro atoms. The van der Waals surface area contributed by atoms with Crippen LogP contribution in [0.5, 0.6) is 11.5 Å². The summed E-state index contributed by atoms with van der Waals surface area (Å²) in [7, 11) is 0. The minimum Gasteiger partial charge on any atom is -0.486 e. The average molecular weight is 2130 g/mol. The van der Waals surface area contributed by atoms with E-state index in [2.05, 4.69) is 82.8 Å². The van der Waals surface area contributed by atoms with Gasteiger partial charge in [0.15, 0.2) is 11.5 Å². The molecule has 1 aliphatic carbocycles. The first-order valence-corrected chi connectivity index (χ1v) is 59.3. The molecule has 896 valence electrons. The predicted molar refractivity (Wildman–Crippen MR) is 673 cm³/mol. The second-order valence-corrected chi connectivity index (χ2v) is 31.1. The molecule has 22 nitrogen and oxygen atoms in total. The number of rotatable bonds is 1. The minimum atomic E-state index is 0. The van der Waals surface area contributed by atoms with E-state index in [1.165, 1.54) is 242 Å². The number of carbonyl (C=O) groups is 1. The largest absolute Gasteiger partial charge is 0.486 e. The molecule has 0 aromatic heterocycles. The Balaban J connectivity index is -0.0000000628. The van der Waals surface area contributed by atoms with E-state index in [0.717, 1.165) is 192 Å². The number of thioether (sulfide) groups is 2. The maximum absolute atomic E-state index is 10.1. The lowest BCUT2D eigenvalue weighted by molar-refractivity contribution is -0.118. The molecular formula is C121H280N12O10S2. The summed E-state index contributed by atoms with van der Waals surface area (Å²) in [6, 6.07) is 16.3. The summed E-state index contributed by atoms with van der Waals surface area (Å²) in [5.41, 5.74) is 2.98. The number of carbonyl (C=O) groups excluding carboxylic acids is 1. The summed E-state index contributed by atoms with van der Waals surface area (Å²) in [6.45, 7) is 97.7. The molecule has 2 aromatic rings.